The van der Waals surface area contributed by atoms with Gasteiger partial charge in [0, 0.05) is 7.11 Å². The van der Waals surface area contributed by atoms with E-state index < -0.39 is 15.7 Å². The number of hydrogen-bond acceptors (Lipinski definition) is 5. The summed E-state index contributed by atoms with van der Waals surface area (Å²) in [7, 11) is -2.10. The van der Waals surface area contributed by atoms with E-state index in [1.165, 1.54) is 0 Å². The molecule has 7 heteroatoms. The fraction of sp³-hybridized carbons (Fsp3) is 0.591. The summed E-state index contributed by atoms with van der Waals surface area (Å²) in [4.78, 5) is 13.3. The summed E-state index contributed by atoms with van der Waals surface area (Å²) in [5, 5.41) is 3.11. The van der Waals surface area contributed by atoms with Crippen molar-refractivity contribution < 1.29 is 22.1 Å². The first kappa shape index (κ1) is 20.4. The van der Waals surface area contributed by atoms with Crippen LogP contribution < -0.4 is 5.32 Å². The Balaban J connectivity index is 1.90. The average molecular weight is 420 g/mol. The van der Waals surface area contributed by atoms with Crippen molar-refractivity contribution in [2.45, 2.75) is 69.9 Å². The van der Waals surface area contributed by atoms with Crippen LogP contribution in [0, 0.1) is 13.8 Å². The number of benzene rings is 1. The van der Waals surface area contributed by atoms with Crippen LogP contribution in [0.5, 0.6) is 0 Å². The number of methoxy groups -OCH3 is 1. The van der Waals surface area contributed by atoms with Crippen LogP contribution in [0.1, 0.15) is 66.7 Å². The maximum atomic E-state index is 13.3. The van der Waals surface area contributed by atoms with Gasteiger partial charge in [0.25, 0.3) is 5.91 Å². The summed E-state index contributed by atoms with van der Waals surface area (Å²) in [5.74, 6) is 0.450. The summed E-state index contributed by atoms with van der Waals surface area (Å²) in [6, 6.07) is 4.18. The largest absolute Gasteiger partial charge is 0.384 e. The van der Waals surface area contributed by atoms with Crippen molar-refractivity contribution in [1.82, 2.24) is 5.32 Å². The van der Waals surface area contributed by atoms with Crippen molar-refractivity contribution in [3.63, 3.8) is 0 Å². The zero-order valence-corrected chi connectivity index (χ0v) is 18.3. The van der Waals surface area contributed by atoms with E-state index in [1.54, 1.807) is 7.11 Å². The molecule has 1 aromatic carbocycles. The standard InChI is InChI=1S/C22H29NO5S/c1-13-11-14(2)18(17(12-13)15-5-6-15)19-20(28-29(4,25)26)22(23-21(19)24)9-7-16(27-3)8-10-22/h11-12,15-16H,5-10H2,1-4H3,(H,23,24). The third kappa shape index (κ3) is 3.82. The highest BCUT2D eigenvalue weighted by Gasteiger charge is 2.51. The van der Waals surface area contributed by atoms with Crippen LogP contribution in [-0.2, 0) is 23.8 Å². The van der Waals surface area contributed by atoms with E-state index in [9.17, 15) is 13.2 Å². The van der Waals surface area contributed by atoms with Crippen molar-refractivity contribution in [2.24, 2.45) is 0 Å². The van der Waals surface area contributed by atoms with Gasteiger partial charge in [-0.25, -0.2) is 0 Å². The number of carbonyl (C=O) groups is 1. The maximum Gasteiger partial charge on any atom is 0.306 e. The number of hydrogen-bond donors (Lipinski definition) is 1. The first-order chi connectivity index (χ1) is 13.6. The summed E-state index contributed by atoms with van der Waals surface area (Å²) in [5.41, 5.74) is 3.71. The summed E-state index contributed by atoms with van der Waals surface area (Å²) in [6.07, 6.45) is 6.00. The number of rotatable bonds is 5. The zero-order chi connectivity index (χ0) is 21.0. The first-order valence-electron chi connectivity index (χ1n) is 10.2. The first-order valence-corrected chi connectivity index (χ1v) is 12.1. The van der Waals surface area contributed by atoms with Crippen LogP contribution in [0.25, 0.3) is 5.57 Å². The Bertz CT molecular complexity index is 983. The molecule has 1 spiro atoms. The van der Waals surface area contributed by atoms with Gasteiger partial charge in [-0.3, -0.25) is 4.79 Å². The van der Waals surface area contributed by atoms with Crippen molar-refractivity contribution in [2.75, 3.05) is 13.4 Å². The highest BCUT2D eigenvalue weighted by atomic mass is 32.2. The second-order valence-electron chi connectivity index (χ2n) is 8.78. The van der Waals surface area contributed by atoms with Gasteiger partial charge in [-0.15, -0.1) is 0 Å². The molecule has 4 rings (SSSR count). The van der Waals surface area contributed by atoms with Gasteiger partial charge in [0.2, 0.25) is 0 Å². The lowest BCUT2D eigenvalue weighted by molar-refractivity contribution is -0.116. The predicted octanol–water partition coefficient (Wildman–Crippen LogP) is 3.33. The Morgan fingerprint density at radius 2 is 1.76 bits per heavy atom. The van der Waals surface area contributed by atoms with E-state index in [0.717, 1.165) is 54.2 Å². The number of carbonyl (C=O) groups excluding carboxylic acids is 1. The molecule has 29 heavy (non-hydrogen) atoms. The highest BCUT2D eigenvalue weighted by Crippen LogP contribution is 2.49. The lowest BCUT2D eigenvalue weighted by Gasteiger charge is -2.37. The third-order valence-corrected chi connectivity index (χ3v) is 6.84. The van der Waals surface area contributed by atoms with E-state index in [0.29, 0.717) is 24.3 Å². The second-order valence-corrected chi connectivity index (χ2v) is 10.4. The van der Waals surface area contributed by atoms with Crippen LogP contribution in [-0.4, -0.2) is 39.3 Å². The van der Waals surface area contributed by atoms with E-state index >= 15 is 0 Å². The Morgan fingerprint density at radius 3 is 2.31 bits per heavy atom. The minimum Gasteiger partial charge on any atom is -0.384 e. The van der Waals surface area contributed by atoms with Crippen LogP contribution in [0.4, 0.5) is 0 Å². The van der Waals surface area contributed by atoms with Crippen LogP contribution in [0.3, 0.4) is 0 Å². The molecule has 2 fully saturated rings. The molecule has 0 atom stereocenters. The summed E-state index contributed by atoms with van der Waals surface area (Å²) in [6.45, 7) is 4.03. The monoisotopic (exact) mass is 419 g/mol. The molecule has 0 radical (unpaired) electrons. The van der Waals surface area contributed by atoms with Gasteiger partial charge in [-0.1, -0.05) is 17.7 Å². The topological polar surface area (TPSA) is 81.7 Å². The van der Waals surface area contributed by atoms with Crippen molar-refractivity contribution >= 4 is 21.6 Å². The Kier molecular flexibility index (Phi) is 5.02. The molecule has 2 saturated carbocycles. The van der Waals surface area contributed by atoms with E-state index in [-0.39, 0.29) is 17.8 Å². The molecule has 0 bridgehead atoms. The molecule has 0 aromatic heterocycles. The Labute approximate surface area is 172 Å². The van der Waals surface area contributed by atoms with E-state index in [4.69, 9.17) is 8.92 Å². The number of amides is 1. The molecule has 1 amide bonds. The predicted molar refractivity (Wildman–Crippen MR) is 111 cm³/mol. The molecule has 1 heterocycles. The lowest BCUT2D eigenvalue weighted by Crippen LogP contribution is -2.49. The SMILES string of the molecule is COC1CCC2(CC1)NC(=O)C(c1c(C)cc(C)cc1C1CC1)=C2OS(C)(=O)=O. The molecule has 6 nitrogen and oxygen atoms in total. The molecule has 1 N–H and O–H groups in total. The number of aryl methyl sites for hydroxylation is 2. The van der Waals surface area contributed by atoms with Gasteiger partial charge in [0.05, 0.1) is 17.9 Å². The molecule has 1 aliphatic heterocycles. The fourth-order valence-electron chi connectivity index (χ4n) is 4.91. The average Bonchev–Trinajstić information content (AvgIpc) is 3.43. The van der Waals surface area contributed by atoms with Gasteiger partial charge >= 0.3 is 10.1 Å². The van der Waals surface area contributed by atoms with E-state index in [1.807, 2.05) is 19.9 Å². The van der Waals surface area contributed by atoms with Crippen LogP contribution >= 0.6 is 0 Å². The molecule has 3 aliphatic rings. The molecule has 158 valence electrons. The quantitative estimate of drug-likeness (QED) is 0.741. The van der Waals surface area contributed by atoms with Crippen LogP contribution in [0.2, 0.25) is 0 Å². The third-order valence-electron chi connectivity index (χ3n) is 6.37. The van der Waals surface area contributed by atoms with Gasteiger partial charge < -0.3 is 14.2 Å². The van der Waals surface area contributed by atoms with Crippen molar-refractivity contribution in [1.29, 1.82) is 0 Å². The summed E-state index contributed by atoms with van der Waals surface area (Å²) >= 11 is 0. The second kappa shape index (κ2) is 7.13. The number of nitrogens with one attached hydrogen (secondary N) is 1. The molecular weight excluding hydrogens is 390 g/mol. The molecular formula is C22H29NO5S. The maximum absolute atomic E-state index is 13.3. The van der Waals surface area contributed by atoms with Gasteiger partial charge in [0.15, 0.2) is 5.76 Å². The summed E-state index contributed by atoms with van der Waals surface area (Å²) < 4.78 is 35.4. The molecule has 0 unspecified atom stereocenters. The van der Waals surface area contributed by atoms with Gasteiger partial charge in [0.1, 0.15) is 5.54 Å². The van der Waals surface area contributed by atoms with Gasteiger partial charge in [-0.2, -0.15) is 8.42 Å². The number of ether oxygens (including phenoxy) is 1. The zero-order valence-electron chi connectivity index (χ0n) is 17.5. The minimum absolute atomic E-state index is 0.115. The molecule has 1 aromatic rings. The minimum atomic E-state index is -3.79. The molecule has 0 saturated heterocycles. The van der Waals surface area contributed by atoms with Gasteiger partial charge in [-0.05, 0) is 75.0 Å². The molecule has 2 aliphatic carbocycles. The normalized spacial score (nSPS) is 27.4. The lowest BCUT2D eigenvalue weighted by atomic mass is 9.78. The highest BCUT2D eigenvalue weighted by molar-refractivity contribution is 7.86. The smallest absolute Gasteiger partial charge is 0.306 e. The fourth-order valence-corrected chi connectivity index (χ4v) is 5.45. The Hall–Kier alpha value is -1.86. The van der Waals surface area contributed by atoms with Crippen molar-refractivity contribution in [3.05, 3.63) is 40.1 Å². The van der Waals surface area contributed by atoms with Crippen LogP contribution in [0.15, 0.2) is 17.9 Å². The van der Waals surface area contributed by atoms with Crippen molar-refractivity contribution in [3.8, 4) is 0 Å². The Morgan fingerprint density at radius 1 is 1.10 bits per heavy atom. The van der Waals surface area contributed by atoms with E-state index in [2.05, 4.69) is 11.4 Å².